The Hall–Kier alpha value is -3.07. The number of nitrogens with zero attached hydrogens (tertiary/aromatic N) is 4. The van der Waals surface area contributed by atoms with E-state index < -0.39 is 0 Å². The fraction of sp³-hybridized carbons (Fsp3) is 0.406. The van der Waals surface area contributed by atoms with Crippen LogP contribution in [0.15, 0.2) is 42.3 Å². The van der Waals surface area contributed by atoms with Crippen LogP contribution in [0.1, 0.15) is 54.4 Å². The highest BCUT2D eigenvalue weighted by Crippen LogP contribution is 2.47. The third-order valence-corrected chi connectivity index (χ3v) is 10.4. The van der Waals surface area contributed by atoms with Crippen molar-refractivity contribution in [2.45, 2.75) is 58.5 Å². The number of fused-ring (bicyclic) bond motifs is 2. The molecule has 1 amide bonds. The van der Waals surface area contributed by atoms with E-state index in [2.05, 4.69) is 61.9 Å². The molecule has 208 valence electrons. The molecule has 0 radical (unpaired) electrons. The molecule has 6 rings (SSSR count). The Kier molecular flexibility index (Phi) is 7.50. The Morgan fingerprint density at radius 1 is 1.18 bits per heavy atom. The van der Waals surface area contributed by atoms with Gasteiger partial charge in [0.05, 0.1) is 25.0 Å². The largest absolute Gasteiger partial charge is 0.496 e. The molecular weight excluding hydrogens is 537 g/mol. The van der Waals surface area contributed by atoms with Crippen molar-refractivity contribution in [2.24, 2.45) is 0 Å². The number of thiazole rings is 1. The second kappa shape index (κ2) is 11.1. The maximum absolute atomic E-state index is 12.4. The second-order valence-corrected chi connectivity index (χ2v) is 13.1. The fourth-order valence-corrected chi connectivity index (χ4v) is 8.16. The zero-order valence-corrected chi connectivity index (χ0v) is 25.3. The van der Waals surface area contributed by atoms with E-state index in [9.17, 15) is 4.79 Å². The lowest BCUT2D eigenvalue weighted by atomic mass is 9.89. The molecule has 6 nitrogen and oxygen atoms in total. The standard InChI is InChI=1S/C32H36N4O2S2/c1-6-27(37)36-15-11-24-26(18-36)40-32(33-24)30-28(22-8-7-20(4)17-25(22)38-5)31-23(12-16-39-31)29(34-30)21-9-13-35(14-10-21)19(2)3/h6-8,12,16-17,19,21H,1,9-11,13-15,18H2,2-5H3. The minimum absolute atomic E-state index is 0.0289. The third-order valence-electron chi connectivity index (χ3n) is 8.33. The van der Waals surface area contributed by atoms with Crippen LogP contribution in [0.3, 0.4) is 0 Å². The van der Waals surface area contributed by atoms with Gasteiger partial charge in [0.15, 0.2) is 0 Å². The van der Waals surface area contributed by atoms with Crippen LogP contribution in [0.4, 0.5) is 0 Å². The number of aryl methyl sites for hydroxylation is 1. The first-order valence-corrected chi connectivity index (χ1v) is 15.8. The number of carbonyl (C=O) groups is 1. The van der Waals surface area contributed by atoms with E-state index in [4.69, 9.17) is 14.7 Å². The van der Waals surface area contributed by atoms with Gasteiger partial charge in [-0.2, -0.15) is 0 Å². The van der Waals surface area contributed by atoms with E-state index in [1.165, 1.54) is 21.9 Å². The maximum Gasteiger partial charge on any atom is 0.246 e. The zero-order valence-electron chi connectivity index (χ0n) is 23.7. The molecule has 3 aromatic heterocycles. The summed E-state index contributed by atoms with van der Waals surface area (Å²) in [5, 5.41) is 4.36. The van der Waals surface area contributed by atoms with Crippen molar-refractivity contribution >= 4 is 38.7 Å². The van der Waals surface area contributed by atoms with E-state index >= 15 is 0 Å². The van der Waals surface area contributed by atoms with Gasteiger partial charge in [0.2, 0.25) is 5.91 Å². The SMILES string of the molecule is C=CC(=O)N1CCc2nc(-c3nc(C4CCN(C(C)C)CC4)c4ccsc4c3-c3ccc(C)cc3OC)sc2C1. The highest BCUT2D eigenvalue weighted by Gasteiger charge is 2.30. The normalized spacial score (nSPS) is 16.5. The number of piperidine rings is 1. The van der Waals surface area contributed by atoms with Gasteiger partial charge in [0.1, 0.15) is 16.5 Å². The van der Waals surface area contributed by atoms with Gasteiger partial charge in [-0.1, -0.05) is 18.7 Å². The molecule has 0 unspecified atom stereocenters. The number of pyridine rings is 1. The Labute approximate surface area is 244 Å². The molecule has 4 aromatic rings. The van der Waals surface area contributed by atoms with E-state index in [0.717, 1.165) is 76.1 Å². The molecule has 5 heterocycles. The van der Waals surface area contributed by atoms with Crippen LogP contribution in [0.25, 0.3) is 31.9 Å². The smallest absolute Gasteiger partial charge is 0.246 e. The summed E-state index contributed by atoms with van der Waals surface area (Å²) < 4.78 is 7.15. The van der Waals surface area contributed by atoms with Crippen molar-refractivity contribution in [1.29, 1.82) is 0 Å². The minimum atomic E-state index is -0.0289. The molecule has 1 aromatic carbocycles. The number of benzene rings is 1. The molecule has 8 heteroatoms. The van der Waals surface area contributed by atoms with Gasteiger partial charge >= 0.3 is 0 Å². The summed E-state index contributed by atoms with van der Waals surface area (Å²) in [6.07, 6.45) is 4.36. The first-order chi connectivity index (χ1) is 19.4. The molecule has 40 heavy (non-hydrogen) atoms. The summed E-state index contributed by atoms with van der Waals surface area (Å²) in [7, 11) is 1.74. The number of likely N-dealkylation sites (tertiary alicyclic amines) is 1. The average Bonchev–Trinajstić information content (AvgIpc) is 3.63. The van der Waals surface area contributed by atoms with Crippen molar-refractivity contribution in [2.75, 3.05) is 26.7 Å². The predicted octanol–water partition coefficient (Wildman–Crippen LogP) is 7.06. The van der Waals surface area contributed by atoms with Gasteiger partial charge < -0.3 is 14.5 Å². The highest BCUT2D eigenvalue weighted by molar-refractivity contribution is 7.18. The van der Waals surface area contributed by atoms with Crippen LogP contribution in [0, 0.1) is 6.92 Å². The number of hydrogen-bond donors (Lipinski definition) is 0. The van der Waals surface area contributed by atoms with Gasteiger partial charge in [0.25, 0.3) is 0 Å². The Balaban J connectivity index is 1.52. The van der Waals surface area contributed by atoms with Gasteiger partial charge in [-0.3, -0.25) is 4.79 Å². The van der Waals surface area contributed by atoms with Crippen LogP contribution in [-0.4, -0.2) is 58.5 Å². The van der Waals surface area contributed by atoms with Crippen LogP contribution >= 0.6 is 22.7 Å². The molecule has 0 bridgehead atoms. The number of amides is 1. The van der Waals surface area contributed by atoms with Crippen molar-refractivity contribution in [1.82, 2.24) is 19.8 Å². The molecular formula is C32H36N4O2S2. The molecule has 1 saturated heterocycles. The topological polar surface area (TPSA) is 58.6 Å². The summed E-state index contributed by atoms with van der Waals surface area (Å²) in [4.78, 5) is 28.6. The van der Waals surface area contributed by atoms with E-state index in [0.29, 0.717) is 25.0 Å². The van der Waals surface area contributed by atoms with Crippen LogP contribution in [-0.2, 0) is 17.8 Å². The lowest BCUT2D eigenvalue weighted by Crippen LogP contribution is -2.38. The predicted molar refractivity (Wildman–Crippen MR) is 165 cm³/mol. The first-order valence-electron chi connectivity index (χ1n) is 14.1. The fourth-order valence-electron chi connectivity index (χ4n) is 6.07. The number of hydrogen-bond acceptors (Lipinski definition) is 7. The van der Waals surface area contributed by atoms with Crippen molar-refractivity contribution in [3.05, 3.63) is 64.1 Å². The molecule has 0 N–H and O–H groups in total. The third kappa shape index (κ3) is 4.86. The maximum atomic E-state index is 12.4. The summed E-state index contributed by atoms with van der Waals surface area (Å²) in [6.45, 7) is 13.8. The van der Waals surface area contributed by atoms with Crippen LogP contribution in [0.2, 0.25) is 0 Å². The Morgan fingerprint density at radius 3 is 2.70 bits per heavy atom. The van der Waals surface area contributed by atoms with Gasteiger partial charge in [0, 0.05) is 51.0 Å². The van der Waals surface area contributed by atoms with E-state index in [-0.39, 0.29) is 5.91 Å². The van der Waals surface area contributed by atoms with Gasteiger partial charge in [-0.15, -0.1) is 22.7 Å². The molecule has 0 saturated carbocycles. The monoisotopic (exact) mass is 572 g/mol. The number of aromatic nitrogens is 2. The summed E-state index contributed by atoms with van der Waals surface area (Å²) in [6, 6.07) is 9.21. The lowest BCUT2D eigenvalue weighted by molar-refractivity contribution is -0.126. The van der Waals surface area contributed by atoms with E-state index in [1.54, 1.807) is 29.8 Å². The van der Waals surface area contributed by atoms with Crippen molar-refractivity contribution in [3.63, 3.8) is 0 Å². The molecule has 1 fully saturated rings. The number of rotatable bonds is 6. The molecule has 2 aliphatic heterocycles. The number of ether oxygens (including phenoxy) is 1. The average molecular weight is 573 g/mol. The number of carbonyl (C=O) groups excluding carboxylic acids is 1. The minimum Gasteiger partial charge on any atom is -0.496 e. The summed E-state index contributed by atoms with van der Waals surface area (Å²) in [5.41, 5.74) is 6.49. The number of thiophene rings is 1. The number of methoxy groups -OCH3 is 1. The zero-order chi connectivity index (χ0) is 28.0. The second-order valence-electron chi connectivity index (χ2n) is 11.1. The lowest BCUT2D eigenvalue weighted by Gasteiger charge is -2.34. The van der Waals surface area contributed by atoms with Gasteiger partial charge in [-0.05, 0) is 75.9 Å². The molecule has 2 aliphatic rings. The summed E-state index contributed by atoms with van der Waals surface area (Å²) >= 11 is 3.44. The van der Waals surface area contributed by atoms with Crippen molar-refractivity contribution < 1.29 is 9.53 Å². The Morgan fingerprint density at radius 2 is 1.98 bits per heavy atom. The molecule has 0 aliphatic carbocycles. The van der Waals surface area contributed by atoms with Crippen LogP contribution in [0.5, 0.6) is 5.75 Å². The summed E-state index contributed by atoms with van der Waals surface area (Å²) in [5.74, 6) is 1.23. The molecule has 0 atom stereocenters. The molecule has 0 spiro atoms. The van der Waals surface area contributed by atoms with Crippen molar-refractivity contribution in [3.8, 4) is 27.6 Å². The first kappa shape index (κ1) is 27.1. The van der Waals surface area contributed by atoms with Gasteiger partial charge in [-0.25, -0.2) is 9.97 Å². The van der Waals surface area contributed by atoms with Crippen LogP contribution < -0.4 is 4.74 Å². The quantitative estimate of drug-likeness (QED) is 0.232. The highest BCUT2D eigenvalue weighted by atomic mass is 32.1. The van der Waals surface area contributed by atoms with E-state index in [1.807, 2.05) is 4.90 Å². The Bertz CT molecular complexity index is 1580.